The monoisotopic (exact) mass is 468 g/mol. The average molecular weight is 469 g/mol. The van der Waals surface area contributed by atoms with Crippen LogP contribution in [0, 0.1) is 5.82 Å². The SMILES string of the molecule is CCc1ccc(CN2C(=O)NC(c3ccc(F)cc3)C(c3nc(-c4ccccc4)no3)=C2C)cc1. The molecule has 0 saturated heterocycles. The summed E-state index contributed by atoms with van der Waals surface area (Å²) in [5.41, 5.74) is 5.17. The first-order valence-corrected chi connectivity index (χ1v) is 11.5. The maximum atomic E-state index is 13.6. The number of urea groups is 1. The Kier molecular flexibility index (Phi) is 6.14. The second-order valence-electron chi connectivity index (χ2n) is 8.48. The van der Waals surface area contributed by atoms with E-state index in [0.29, 0.717) is 29.5 Å². The number of nitrogens with one attached hydrogen (secondary N) is 1. The number of amides is 2. The molecule has 2 amide bonds. The largest absolute Gasteiger partial charge is 0.334 e. The van der Waals surface area contributed by atoms with Crippen LogP contribution in [0.5, 0.6) is 0 Å². The number of allylic oxidation sites excluding steroid dienone is 1. The average Bonchev–Trinajstić information content (AvgIpc) is 3.37. The molecular formula is C28H25FN4O2. The third-order valence-electron chi connectivity index (χ3n) is 6.26. The summed E-state index contributed by atoms with van der Waals surface area (Å²) in [5, 5.41) is 7.23. The van der Waals surface area contributed by atoms with Crippen LogP contribution in [-0.4, -0.2) is 21.1 Å². The lowest BCUT2D eigenvalue weighted by atomic mass is 9.94. The molecule has 0 saturated carbocycles. The van der Waals surface area contributed by atoms with Crippen LogP contribution in [0.2, 0.25) is 0 Å². The number of carbonyl (C=O) groups excluding carboxylic acids is 1. The molecule has 4 aromatic rings. The number of halogens is 1. The minimum atomic E-state index is -0.564. The van der Waals surface area contributed by atoms with Crippen LogP contribution < -0.4 is 5.32 Å². The molecule has 1 N–H and O–H groups in total. The molecule has 1 aromatic heterocycles. The number of benzene rings is 3. The summed E-state index contributed by atoms with van der Waals surface area (Å²) < 4.78 is 19.3. The molecule has 0 fully saturated rings. The molecule has 7 heteroatoms. The molecule has 0 spiro atoms. The highest BCUT2D eigenvalue weighted by atomic mass is 19.1. The van der Waals surface area contributed by atoms with E-state index < -0.39 is 6.04 Å². The number of rotatable bonds is 6. The van der Waals surface area contributed by atoms with E-state index in [1.165, 1.54) is 17.7 Å². The summed E-state index contributed by atoms with van der Waals surface area (Å²) in [5.74, 6) is 0.416. The second kappa shape index (κ2) is 9.54. The number of aryl methyl sites for hydroxylation is 1. The zero-order valence-electron chi connectivity index (χ0n) is 19.5. The van der Waals surface area contributed by atoms with Gasteiger partial charge in [-0.25, -0.2) is 9.18 Å². The normalized spacial score (nSPS) is 15.9. The minimum absolute atomic E-state index is 0.247. The molecule has 0 aliphatic carbocycles. The quantitative estimate of drug-likeness (QED) is 0.369. The van der Waals surface area contributed by atoms with Gasteiger partial charge < -0.3 is 9.84 Å². The number of hydrogen-bond donors (Lipinski definition) is 1. The van der Waals surface area contributed by atoms with Crippen molar-refractivity contribution in [3.8, 4) is 11.4 Å². The van der Waals surface area contributed by atoms with Crippen LogP contribution in [0.3, 0.4) is 0 Å². The number of hydrogen-bond acceptors (Lipinski definition) is 4. The van der Waals surface area contributed by atoms with Gasteiger partial charge in [-0.3, -0.25) is 4.90 Å². The Morgan fingerprint density at radius 3 is 2.34 bits per heavy atom. The van der Waals surface area contributed by atoms with E-state index >= 15 is 0 Å². The van der Waals surface area contributed by atoms with E-state index in [-0.39, 0.29) is 11.8 Å². The molecule has 0 bridgehead atoms. The summed E-state index contributed by atoms with van der Waals surface area (Å²) in [6.07, 6.45) is 0.952. The summed E-state index contributed by atoms with van der Waals surface area (Å²) in [6, 6.07) is 23.0. The van der Waals surface area contributed by atoms with Crippen molar-refractivity contribution in [2.24, 2.45) is 0 Å². The van der Waals surface area contributed by atoms with Crippen molar-refractivity contribution in [3.63, 3.8) is 0 Å². The molecule has 2 heterocycles. The number of nitrogens with zero attached hydrogens (tertiary/aromatic N) is 3. The highest BCUT2D eigenvalue weighted by molar-refractivity contribution is 5.86. The van der Waals surface area contributed by atoms with Crippen LogP contribution in [0.25, 0.3) is 17.0 Å². The van der Waals surface area contributed by atoms with Crippen molar-refractivity contribution < 1.29 is 13.7 Å². The predicted octanol–water partition coefficient (Wildman–Crippen LogP) is 6.14. The molecule has 1 atom stereocenters. The van der Waals surface area contributed by atoms with Crippen molar-refractivity contribution >= 4 is 11.6 Å². The van der Waals surface area contributed by atoms with Gasteiger partial charge in [0.2, 0.25) is 5.82 Å². The second-order valence-corrected chi connectivity index (χ2v) is 8.48. The van der Waals surface area contributed by atoms with E-state index in [2.05, 4.69) is 34.5 Å². The lowest BCUT2D eigenvalue weighted by Gasteiger charge is -2.35. The standard InChI is InChI=1S/C28H25FN4O2/c1-3-19-9-11-20(12-10-19)17-33-18(2)24(25(30-28(33)34)21-13-15-23(29)16-14-21)27-31-26(32-35-27)22-7-5-4-6-8-22/h4-16,25H,3,17H2,1-2H3,(H,30,34). The van der Waals surface area contributed by atoms with E-state index in [1.807, 2.05) is 49.4 Å². The molecule has 1 unspecified atom stereocenters. The van der Waals surface area contributed by atoms with Gasteiger partial charge in [0.25, 0.3) is 5.89 Å². The number of carbonyl (C=O) groups is 1. The summed E-state index contributed by atoms with van der Waals surface area (Å²) >= 11 is 0. The Hall–Kier alpha value is -4.26. The summed E-state index contributed by atoms with van der Waals surface area (Å²) in [6.45, 7) is 4.37. The first-order chi connectivity index (χ1) is 17.0. The molecule has 5 rings (SSSR count). The van der Waals surface area contributed by atoms with Crippen LogP contribution in [0.4, 0.5) is 9.18 Å². The Morgan fingerprint density at radius 1 is 0.971 bits per heavy atom. The minimum Gasteiger partial charge on any atom is -0.334 e. The van der Waals surface area contributed by atoms with Gasteiger partial charge in [-0.05, 0) is 42.2 Å². The van der Waals surface area contributed by atoms with Gasteiger partial charge in [0.05, 0.1) is 18.2 Å². The van der Waals surface area contributed by atoms with Crippen molar-refractivity contribution in [1.82, 2.24) is 20.4 Å². The van der Waals surface area contributed by atoms with Gasteiger partial charge in [-0.1, -0.05) is 78.8 Å². The zero-order valence-corrected chi connectivity index (χ0v) is 19.5. The Labute approximate surface area is 203 Å². The Balaban J connectivity index is 1.57. The Morgan fingerprint density at radius 2 is 1.66 bits per heavy atom. The van der Waals surface area contributed by atoms with Gasteiger partial charge in [0.15, 0.2) is 0 Å². The Bertz CT molecular complexity index is 1360. The van der Waals surface area contributed by atoms with E-state index in [0.717, 1.165) is 23.1 Å². The fourth-order valence-electron chi connectivity index (χ4n) is 4.25. The third-order valence-corrected chi connectivity index (χ3v) is 6.26. The first-order valence-electron chi connectivity index (χ1n) is 11.5. The van der Waals surface area contributed by atoms with Crippen LogP contribution >= 0.6 is 0 Å². The highest BCUT2D eigenvalue weighted by Crippen LogP contribution is 2.38. The molecule has 6 nitrogen and oxygen atoms in total. The summed E-state index contributed by atoms with van der Waals surface area (Å²) in [7, 11) is 0. The fourth-order valence-corrected chi connectivity index (χ4v) is 4.25. The maximum Gasteiger partial charge on any atom is 0.322 e. The molecule has 176 valence electrons. The predicted molar refractivity (Wildman–Crippen MR) is 131 cm³/mol. The van der Waals surface area contributed by atoms with Gasteiger partial charge in [-0.2, -0.15) is 4.98 Å². The fraction of sp³-hybridized carbons (Fsp3) is 0.179. The molecule has 1 aliphatic rings. The van der Waals surface area contributed by atoms with Crippen molar-refractivity contribution in [2.45, 2.75) is 32.9 Å². The molecule has 0 radical (unpaired) electrons. The van der Waals surface area contributed by atoms with Gasteiger partial charge >= 0.3 is 6.03 Å². The van der Waals surface area contributed by atoms with E-state index in [9.17, 15) is 9.18 Å². The van der Waals surface area contributed by atoms with E-state index in [1.54, 1.807) is 17.0 Å². The molecule has 1 aliphatic heterocycles. The van der Waals surface area contributed by atoms with Crippen LogP contribution in [-0.2, 0) is 13.0 Å². The third kappa shape index (κ3) is 4.57. The lowest BCUT2D eigenvalue weighted by Crippen LogP contribution is -2.45. The van der Waals surface area contributed by atoms with Crippen molar-refractivity contribution in [3.05, 3.63) is 113 Å². The van der Waals surface area contributed by atoms with Crippen LogP contribution in [0.15, 0.2) is 89.1 Å². The first kappa shape index (κ1) is 22.5. The highest BCUT2D eigenvalue weighted by Gasteiger charge is 2.35. The van der Waals surface area contributed by atoms with Gasteiger partial charge in [0, 0.05) is 11.3 Å². The summed E-state index contributed by atoms with van der Waals surface area (Å²) in [4.78, 5) is 19.5. The topological polar surface area (TPSA) is 71.3 Å². The van der Waals surface area contributed by atoms with Gasteiger partial charge in [-0.15, -0.1) is 0 Å². The smallest absolute Gasteiger partial charge is 0.322 e. The maximum absolute atomic E-state index is 13.6. The number of aromatic nitrogens is 2. The zero-order chi connectivity index (χ0) is 24.4. The molecule has 3 aromatic carbocycles. The van der Waals surface area contributed by atoms with Crippen LogP contribution in [0.1, 0.15) is 42.5 Å². The van der Waals surface area contributed by atoms with E-state index in [4.69, 9.17) is 4.52 Å². The van der Waals surface area contributed by atoms with Gasteiger partial charge in [0.1, 0.15) is 5.82 Å². The molecular weight excluding hydrogens is 443 g/mol. The van der Waals surface area contributed by atoms with Crippen molar-refractivity contribution in [2.75, 3.05) is 0 Å². The molecule has 35 heavy (non-hydrogen) atoms. The lowest BCUT2D eigenvalue weighted by molar-refractivity contribution is 0.203. The van der Waals surface area contributed by atoms with Crippen molar-refractivity contribution in [1.29, 1.82) is 0 Å².